The molecule has 0 unspecified atom stereocenters. The molecule has 11 heteroatoms. The molecule has 1 fully saturated rings. The summed E-state index contributed by atoms with van der Waals surface area (Å²) in [5.74, 6) is 0.539. The van der Waals surface area contributed by atoms with Gasteiger partial charge in [0.15, 0.2) is 11.5 Å². The van der Waals surface area contributed by atoms with Crippen LogP contribution in [0.4, 0.5) is 17.2 Å². The topological polar surface area (TPSA) is 119 Å². The zero-order valence-corrected chi connectivity index (χ0v) is 16.5. The van der Waals surface area contributed by atoms with E-state index in [0.717, 1.165) is 31.9 Å². The predicted molar refractivity (Wildman–Crippen MR) is 107 cm³/mol. The molecule has 0 amide bonds. The molecule has 10 nitrogen and oxygen atoms in total. The van der Waals surface area contributed by atoms with Crippen molar-refractivity contribution in [1.29, 1.82) is 0 Å². The van der Waals surface area contributed by atoms with Crippen LogP contribution in [0, 0.1) is 0 Å². The number of aromatic amines is 1. The summed E-state index contributed by atoms with van der Waals surface area (Å²) >= 11 is 0. The molecule has 1 aliphatic heterocycles. The number of fused-ring (bicyclic) bond motifs is 1. The van der Waals surface area contributed by atoms with E-state index in [1.807, 2.05) is 6.07 Å². The number of nitrogens with zero attached hydrogens (tertiary/aromatic N) is 5. The Morgan fingerprint density at radius 1 is 1.11 bits per heavy atom. The Labute approximate surface area is 163 Å². The zero-order valence-electron chi connectivity index (χ0n) is 15.7. The molecule has 0 radical (unpaired) electrons. The number of sulfonamides is 1. The SMILES string of the molecule is CNS(=O)(=O)c1ccc(N2CCN(C)CC2)c(Nc2ncnc3nc[nH]c23)c1. The highest BCUT2D eigenvalue weighted by Gasteiger charge is 2.21. The Hall–Kier alpha value is -2.76. The van der Waals surface area contributed by atoms with Gasteiger partial charge in [-0.1, -0.05) is 0 Å². The van der Waals surface area contributed by atoms with Crippen LogP contribution in [0.3, 0.4) is 0 Å². The highest BCUT2D eigenvalue weighted by atomic mass is 32.2. The van der Waals surface area contributed by atoms with Crippen LogP contribution in [0.1, 0.15) is 0 Å². The average molecular weight is 402 g/mol. The Morgan fingerprint density at radius 2 is 1.89 bits per heavy atom. The number of benzene rings is 1. The lowest BCUT2D eigenvalue weighted by molar-refractivity contribution is 0.313. The summed E-state index contributed by atoms with van der Waals surface area (Å²) in [7, 11) is -0.0802. The van der Waals surface area contributed by atoms with Crippen molar-refractivity contribution < 1.29 is 8.42 Å². The van der Waals surface area contributed by atoms with E-state index in [4.69, 9.17) is 0 Å². The molecule has 1 saturated heterocycles. The minimum absolute atomic E-state index is 0.185. The van der Waals surface area contributed by atoms with Gasteiger partial charge in [-0.25, -0.2) is 28.1 Å². The summed E-state index contributed by atoms with van der Waals surface area (Å²) in [5, 5.41) is 3.28. The summed E-state index contributed by atoms with van der Waals surface area (Å²) in [6, 6.07) is 5.09. The molecule has 1 aromatic carbocycles. The summed E-state index contributed by atoms with van der Waals surface area (Å²) in [6.45, 7) is 3.59. The molecule has 0 aliphatic carbocycles. The lowest BCUT2D eigenvalue weighted by atomic mass is 10.2. The van der Waals surface area contributed by atoms with Crippen LogP contribution in [0.2, 0.25) is 0 Å². The first kappa shape index (κ1) is 18.6. The molecule has 0 bridgehead atoms. The number of aromatic nitrogens is 4. The second kappa shape index (κ2) is 7.34. The third-order valence-corrected chi connectivity index (χ3v) is 6.28. The van der Waals surface area contributed by atoms with Crippen LogP contribution in [-0.2, 0) is 10.0 Å². The lowest BCUT2D eigenvalue weighted by Crippen LogP contribution is -2.44. The number of imidazole rings is 1. The quantitative estimate of drug-likeness (QED) is 0.572. The van der Waals surface area contributed by atoms with Gasteiger partial charge >= 0.3 is 0 Å². The van der Waals surface area contributed by atoms with Gasteiger partial charge in [0.25, 0.3) is 0 Å². The molecular weight excluding hydrogens is 380 g/mol. The van der Waals surface area contributed by atoms with Crippen molar-refractivity contribution in [2.24, 2.45) is 0 Å². The maximum atomic E-state index is 12.3. The van der Waals surface area contributed by atoms with Crippen molar-refractivity contribution in [3.05, 3.63) is 30.9 Å². The smallest absolute Gasteiger partial charge is 0.240 e. The number of piperazine rings is 1. The number of rotatable bonds is 5. The fraction of sp³-hybridized carbons (Fsp3) is 0.353. The van der Waals surface area contributed by atoms with Gasteiger partial charge in [-0.15, -0.1) is 0 Å². The van der Waals surface area contributed by atoms with Crippen molar-refractivity contribution >= 4 is 38.4 Å². The first-order valence-corrected chi connectivity index (χ1v) is 10.4. The molecule has 3 N–H and O–H groups in total. The maximum absolute atomic E-state index is 12.3. The van der Waals surface area contributed by atoms with Crippen LogP contribution in [-0.4, -0.2) is 73.5 Å². The van der Waals surface area contributed by atoms with Crippen LogP contribution in [0.25, 0.3) is 11.2 Å². The van der Waals surface area contributed by atoms with Crippen molar-refractivity contribution in [2.75, 3.05) is 50.5 Å². The third-order valence-electron chi connectivity index (χ3n) is 4.87. The Bertz CT molecular complexity index is 1090. The van der Waals surface area contributed by atoms with Crippen molar-refractivity contribution in [1.82, 2.24) is 29.6 Å². The van der Waals surface area contributed by atoms with E-state index in [2.05, 4.69) is 46.8 Å². The van der Waals surface area contributed by atoms with Crippen LogP contribution in [0.5, 0.6) is 0 Å². The molecule has 0 atom stereocenters. The van der Waals surface area contributed by atoms with Gasteiger partial charge in [0.2, 0.25) is 10.0 Å². The second-order valence-electron chi connectivity index (χ2n) is 6.63. The van der Waals surface area contributed by atoms with Gasteiger partial charge < -0.3 is 20.1 Å². The van der Waals surface area contributed by atoms with E-state index in [1.165, 1.54) is 13.4 Å². The highest BCUT2D eigenvalue weighted by Crippen LogP contribution is 2.32. The number of hydrogen-bond acceptors (Lipinski definition) is 8. The highest BCUT2D eigenvalue weighted by molar-refractivity contribution is 7.89. The van der Waals surface area contributed by atoms with Gasteiger partial charge in [0.05, 0.1) is 22.6 Å². The standard InChI is InChI=1S/C17H22N8O2S/c1-18-28(26,27)12-3-4-14(25-7-5-24(2)6-8-25)13(9-12)23-17-15-16(20-10-19-15)21-11-22-17/h3-4,9-11,18H,5-8H2,1-2H3,(H2,19,20,21,22,23). The fourth-order valence-electron chi connectivity index (χ4n) is 3.21. The lowest BCUT2D eigenvalue weighted by Gasteiger charge is -2.35. The summed E-state index contributed by atoms with van der Waals surface area (Å²) in [6.07, 6.45) is 2.98. The van der Waals surface area contributed by atoms with Gasteiger partial charge in [0, 0.05) is 26.2 Å². The van der Waals surface area contributed by atoms with E-state index in [1.54, 1.807) is 18.5 Å². The number of nitrogens with one attached hydrogen (secondary N) is 3. The number of likely N-dealkylation sites (N-methyl/N-ethyl adjacent to an activating group) is 1. The fourth-order valence-corrected chi connectivity index (χ4v) is 3.97. The number of H-pyrrole nitrogens is 1. The molecule has 0 saturated carbocycles. The third kappa shape index (κ3) is 3.51. The van der Waals surface area contributed by atoms with Crippen LogP contribution >= 0.6 is 0 Å². The van der Waals surface area contributed by atoms with Gasteiger partial charge in [-0.3, -0.25) is 0 Å². The molecule has 3 heterocycles. The number of anilines is 3. The zero-order chi connectivity index (χ0) is 19.7. The normalized spacial score (nSPS) is 15.9. The van der Waals surface area contributed by atoms with Crippen molar-refractivity contribution in [3.8, 4) is 0 Å². The minimum atomic E-state index is -3.57. The Morgan fingerprint density at radius 3 is 2.64 bits per heavy atom. The molecule has 28 heavy (non-hydrogen) atoms. The molecule has 148 valence electrons. The first-order chi connectivity index (χ1) is 13.5. The largest absolute Gasteiger partial charge is 0.367 e. The van der Waals surface area contributed by atoms with Gasteiger partial charge in [-0.2, -0.15) is 0 Å². The monoisotopic (exact) mass is 402 g/mol. The van der Waals surface area contributed by atoms with Crippen molar-refractivity contribution in [3.63, 3.8) is 0 Å². The van der Waals surface area contributed by atoms with Gasteiger partial charge in [0.1, 0.15) is 11.8 Å². The summed E-state index contributed by atoms with van der Waals surface area (Å²) < 4.78 is 27.0. The van der Waals surface area contributed by atoms with E-state index < -0.39 is 10.0 Å². The molecule has 3 aromatic rings. The summed E-state index contributed by atoms with van der Waals surface area (Å²) in [4.78, 5) is 20.3. The van der Waals surface area contributed by atoms with Gasteiger partial charge in [-0.05, 0) is 32.3 Å². The Kier molecular flexibility index (Phi) is 4.87. The minimum Gasteiger partial charge on any atom is -0.367 e. The maximum Gasteiger partial charge on any atom is 0.240 e. The second-order valence-corrected chi connectivity index (χ2v) is 8.51. The van der Waals surface area contributed by atoms with E-state index in [9.17, 15) is 8.42 Å². The molecule has 4 rings (SSSR count). The first-order valence-electron chi connectivity index (χ1n) is 8.90. The average Bonchev–Trinajstić information content (AvgIpc) is 3.19. The van der Waals surface area contributed by atoms with Crippen LogP contribution in [0.15, 0.2) is 35.7 Å². The molecule has 2 aromatic heterocycles. The molecule has 1 aliphatic rings. The molecule has 0 spiro atoms. The summed E-state index contributed by atoms with van der Waals surface area (Å²) in [5.41, 5.74) is 2.79. The Balaban J connectivity index is 1.77. The van der Waals surface area contributed by atoms with E-state index >= 15 is 0 Å². The number of hydrogen-bond donors (Lipinski definition) is 3. The van der Waals surface area contributed by atoms with Crippen molar-refractivity contribution in [2.45, 2.75) is 4.90 Å². The van der Waals surface area contributed by atoms with E-state index in [0.29, 0.717) is 22.7 Å². The predicted octanol–water partition coefficient (Wildman–Crippen LogP) is 0.756. The van der Waals surface area contributed by atoms with Crippen LogP contribution < -0.4 is 14.9 Å². The van der Waals surface area contributed by atoms with E-state index in [-0.39, 0.29) is 4.90 Å². The molecular formula is C17H22N8O2S.